The average molecular weight is 523 g/mol. The van der Waals surface area contributed by atoms with E-state index in [1.165, 1.54) is 4.57 Å². The molecular formula is C23H25ClF2N6O2S. The Morgan fingerprint density at radius 3 is 2.60 bits per heavy atom. The van der Waals surface area contributed by atoms with E-state index >= 15 is 0 Å². The molecule has 2 aromatic heterocycles. The Balaban J connectivity index is 1.73. The summed E-state index contributed by atoms with van der Waals surface area (Å²) in [7, 11) is 1.60. The second kappa shape index (κ2) is 9.98. The van der Waals surface area contributed by atoms with Crippen LogP contribution in [0.1, 0.15) is 41.9 Å². The van der Waals surface area contributed by atoms with Crippen molar-refractivity contribution in [2.75, 3.05) is 29.6 Å². The van der Waals surface area contributed by atoms with Gasteiger partial charge in [0.1, 0.15) is 5.15 Å². The molecule has 2 N–H and O–H groups in total. The summed E-state index contributed by atoms with van der Waals surface area (Å²) < 4.78 is 31.4. The van der Waals surface area contributed by atoms with Gasteiger partial charge in [0.25, 0.3) is 17.4 Å². The Morgan fingerprint density at radius 1 is 1.20 bits per heavy atom. The molecule has 1 atom stereocenters. The van der Waals surface area contributed by atoms with Gasteiger partial charge in [-0.15, -0.1) is 0 Å². The number of benzene rings is 1. The molecule has 1 saturated heterocycles. The van der Waals surface area contributed by atoms with Crippen molar-refractivity contribution in [2.24, 2.45) is 7.05 Å². The van der Waals surface area contributed by atoms with E-state index in [2.05, 4.69) is 15.0 Å². The summed E-state index contributed by atoms with van der Waals surface area (Å²) in [5.41, 5.74) is 1.53. The van der Waals surface area contributed by atoms with Crippen molar-refractivity contribution in [1.29, 1.82) is 0 Å². The summed E-state index contributed by atoms with van der Waals surface area (Å²) in [6.07, 6.45) is 1.15. The minimum absolute atomic E-state index is 0.110. The smallest absolute Gasteiger partial charge is 0.281 e. The van der Waals surface area contributed by atoms with E-state index in [0.717, 1.165) is 17.5 Å². The van der Waals surface area contributed by atoms with Crippen LogP contribution < -0.4 is 20.5 Å². The highest BCUT2D eigenvalue weighted by Crippen LogP contribution is 2.31. The van der Waals surface area contributed by atoms with Gasteiger partial charge in [0.15, 0.2) is 5.69 Å². The van der Waals surface area contributed by atoms with Gasteiger partial charge >= 0.3 is 0 Å². The minimum atomic E-state index is -2.71. The molecule has 0 bridgehead atoms. The lowest BCUT2D eigenvalue weighted by molar-refractivity contribution is -0.0223. The van der Waals surface area contributed by atoms with Crippen molar-refractivity contribution in [3.8, 4) is 0 Å². The highest BCUT2D eigenvalue weighted by atomic mass is 35.5. The molecule has 4 rings (SSSR count). The van der Waals surface area contributed by atoms with Crippen LogP contribution in [0.2, 0.25) is 5.15 Å². The first-order chi connectivity index (χ1) is 16.6. The monoisotopic (exact) mass is 522 g/mol. The van der Waals surface area contributed by atoms with Crippen LogP contribution in [0.25, 0.3) is 10.9 Å². The number of nitrogens with one attached hydrogen (secondary N) is 2. The summed E-state index contributed by atoms with van der Waals surface area (Å²) in [4.78, 5) is 36.3. The van der Waals surface area contributed by atoms with Gasteiger partial charge in [-0.3, -0.25) is 18.9 Å². The number of hydrogen-bond acceptors (Lipinski definition) is 7. The van der Waals surface area contributed by atoms with Gasteiger partial charge in [-0.05, 0) is 25.1 Å². The number of carbonyl (C=O) groups excluding carboxylic acids is 1. The summed E-state index contributed by atoms with van der Waals surface area (Å²) in [5.74, 6) is -2.75. The topological polar surface area (TPSA) is 92.2 Å². The molecule has 1 fully saturated rings. The first-order valence-electron chi connectivity index (χ1n) is 11.0. The quantitative estimate of drug-likeness (QED) is 0.366. The zero-order chi connectivity index (χ0) is 25.3. The molecule has 1 aliphatic rings. The van der Waals surface area contributed by atoms with E-state index in [0.29, 0.717) is 22.5 Å². The van der Waals surface area contributed by atoms with Crippen LogP contribution in [0.15, 0.2) is 35.1 Å². The van der Waals surface area contributed by atoms with Crippen molar-refractivity contribution in [3.63, 3.8) is 0 Å². The molecule has 1 aromatic carbocycles. The molecule has 186 valence electrons. The van der Waals surface area contributed by atoms with Gasteiger partial charge in [0, 0.05) is 44.8 Å². The van der Waals surface area contributed by atoms with Crippen LogP contribution in [-0.4, -0.2) is 45.7 Å². The van der Waals surface area contributed by atoms with Crippen LogP contribution in [0.5, 0.6) is 0 Å². The number of nitrogens with zero attached hydrogens (tertiary/aromatic N) is 4. The van der Waals surface area contributed by atoms with E-state index in [1.807, 2.05) is 13.0 Å². The maximum atomic E-state index is 13.7. The van der Waals surface area contributed by atoms with Crippen LogP contribution in [-0.2, 0) is 7.05 Å². The number of pyridine rings is 1. The molecule has 1 aliphatic heterocycles. The van der Waals surface area contributed by atoms with E-state index in [4.69, 9.17) is 16.6 Å². The average Bonchev–Trinajstić information content (AvgIpc) is 2.82. The third-order valence-corrected chi connectivity index (χ3v) is 6.60. The standard InChI is InChI=1S/C23H25ClF2N6O2S/c1-13(27-16-7-8-17(24)28-19(16)20(33)30-35-3)14-5-4-6-15-18(14)29-22(31(2)21(15)34)32-11-9-23(25,26)10-12-32/h4-8,13,27H,9-12H2,1-3H3,(H,30,33). The zero-order valence-corrected chi connectivity index (χ0v) is 21.0. The van der Waals surface area contributed by atoms with Crippen molar-refractivity contribution < 1.29 is 13.6 Å². The molecule has 35 heavy (non-hydrogen) atoms. The Morgan fingerprint density at radius 2 is 1.91 bits per heavy atom. The third kappa shape index (κ3) is 5.20. The number of halogens is 3. The lowest BCUT2D eigenvalue weighted by Crippen LogP contribution is -2.42. The maximum Gasteiger partial charge on any atom is 0.281 e. The molecule has 12 heteroatoms. The number of rotatable bonds is 6. The molecule has 3 heterocycles. The van der Waals surface area contributed by atoms with Crippen LogP contribution >= 0.6 is 23.5 Å². The largest absolute Gasteiger partial charge is 0.377 e. The summed E-state index contributed by atoms with van der Waals surface area (Å²) in [6.45, 7) is 2.10. The van der Waals surface area contributed by atoms with Gasteiger partial charge in [-0.1, -0.05) is 35.7 Å². The fourth-order valence-corrected chi connectivity index (χ4v) is 4.58. The number of fused-ring (bicyclic) bond motifs is 1. The number of alkyl halides is 2. The van der Waals surface area contributed by atoms with E-state index in [9.17, 15) is 18.4 Å². The van der Waals surface area contributed by atoms with E-state index in [1.54, 1.807) is 42.5 Å². The molecular weight excluding hydrogens is 498 g/mol. The number of amides is 1. The van der Waals surface area contributed by atoms with Crippen LogP contribution in [0.3, 0.4) is 0 Å². The van der Waals surface area contributed by atoms with Gasteiger partial charge in [-0.25, -0.2) is 18.7 Å². The normalized spacial score (nSPS) is 16.2. The molecule has 0 radical (unpaired) electrons. The Bertz CT molecular complexity index is 1330. The number of carbonyl (C=O) groups is 1. The molecule has 1 amide bonds. The first-order valence-corrected chi connectivity index (χ1v) is 12.6. The molecule has 1 unspecified atom stereocenters. The molecule has 0 aliphatic carbocycles. The number of anilines is 2. The van der Waals surface area contributed by atoms with Crippen LogP contribution in [0.4, 0.5) is 20.4 Å². The fourth-order valence-electron chi connectivity index (χ4n) is 4.15. The van der Waals surface area contributed by atoms with Gasteiger partial charge < -0.3 is 10.2 Å². The predicted molar refractivity (Wildman–Crippen MR) is 136 cm³/mol. The number of piperidine rings is 1. The van der Waals surface area contributed by atoms with E-state index in [-0.39, 0.29) is 48.4 Å². The molecule has 0 saturated carbocycles. The Hall–Kier alpha value is -2.92. The summed E-state index contributed by atoms with van der Waals surface area (Å²) >= 11 is 7.15. The van der Waals surface area contributed by atoms with Crippen molar-refractivity contribution in [3.05, 3.63) is 57.1 Å². The predicted octanol–water partition coefficient (Wildman–Crippen LogP) is 4.40. The Kier molecular flexibility index (Phi) is 7.18. The van der Waals surface area contributed by atoms with Gasteiger partial charge in [0.2, 0.25) is 5.95 Å². The van der Waals surface area contributed by atoms with Gasteiger partial charge in [-0.2, -0.15) is 0 Å². The molecule has 8 nitrogen and oxygen atoms in total. The minimum Gasteiger partial charge on any atom is -0.377 e. The number of para-hydroxylation sites is 1. The summed E-state index contributed by atoms with van der Waals surface area (Å²) in [6, 6.07) is 8.16. The highest BCUT2D eigenvalue weighted by Gasteiger charge is 2.35. The summed E-state index contributed by atoms with van der Waals surface area (Å²) in [5, 5.41) is 3.87. The fraction of sp³-hybridized carbons (Fsp3) is 0.391. The second-order valence-corrected chi connectivity index (χ2v) is 9.39. The molecule has 0 spiro atoms. The van der Waals surface area contributed by atoms with E-state index < -0.39 is 11.8 Å². The Labute approximate surface area is 210 Å². The van der Waals surface area contributed by atoms with Crippen molar-refractivity contribution in [1.82, 2.24) is 19.3 Å². The highest BCUT2D eigenvalue weighted by molar-refractivity contribution is 7.97. The van der Waals surface area contributed by atoms with Crippen LogP contribution in [0, 0.1) is 0 Å². The van der Waals surface area contributed by atoms with Gasteiger partial charge in [0.05, 0.1) is 22.6 Å². The third-order valence-electron chi connectivity index (χ3n) is 6.00. The lowest BCUT2D eigenvalue weighted by Gasteiger charge is -2.33. The second-order valence-electron chi connectivity index (χ2n) is 8.39. The SMILES string of the molecule is CSNC(=O)c1nc(Cl)ccc1NC(C)c1cccc2c(=O)n(C)c(N3CCC(F)(F)CC3)nc12. The van der Waals surface area contributed by atoms with Crippen molar-refractivity contribution >= 4 is 52.0 Å². The number of hydrogen-bond donors (Lipinski definition) is 2. The zero-order valence-electron chi connectivity index (χ0n) is 19.4. The maximum absolute atomic E-state index is 13.7. The number of aromatic nitrogens is 3. The first kappa shape index (κ1) is 25.2. The van der Waals surface area contributed by atoms with Crippen molar-refractivity contribution in [2.45, 2.75) is 31.7 Å². The lowest BCUT2D eigenvalue weighted by atomic mass is 10.0. The molecule has 3 aromatic rings.